The zero-order chi connectivity index (χ0) is 24.8. The number of nitrogens with one attached hydrogen (secondary N) is 1. The van der Waals surface area contributed by atoms with E-state index in [2.05, 4.69) is 26.2 Å². The van der Waals surface area contributed by atoms with Crippen LogP contribution in [0.3, 0.4) is 0 Å². The molecule has 1 fully saturated rings. The number of hydrogen-bond acceptors (Lipinski definition) is 7. The number of halogens is 1. The molecule has 3 aromatic carbocycles. The van der Waals surface area contributed by atoms with Crippen LogP contribution in [0.1, 0.15) is 18.1 Å². The summed E-state index contributed by atoms with van der Waals surface area (Å²) in [6.45, 7) is 2.49. The number of rotatable bonds is 8. The van der Waals surface area contributed by atoms with Crippen molar-refractivity contribution in [3.05, 3.63) is 97.3 Å². The minimum Gasteiger partial charge on any atom is -0.490 e. The fraction of sp³-hybridized carbons (Fsp3) is 0.120. The van der Waals surface area contributed by atoms with Gasteiger partial charge in [0.25, 0.3) is 11.6 Å². The standard InChI is InChI=1S/C25H20BrN3O5S/c1-2-33-21-13-17(14-22-24(30)28-25(35-22)27-18-6-4-3-5-7-18)12-20(26)23(21)34-15-16-8-10-19(11-9-16)29(31)32/h3-14H,2,15H2,1H3,(H,27,28,30)/b22-14-. The molecule has 1 saturated heterocycles. The number of amidine groups is 1. The number of non-ortho nitro benzene ring substituents is 1. The zero-order valence-electron chi connectivity index (χ0n) is 18.6. The molecular formula is C25H20BrN3O5S. The summed E-state index contributed by atoms with van der Waals surface area (Å²) in [6, 6.07) is 19.2. The summed E-state index contributed by atoms with van der Waals surface area (Å²) in [5, 5.41) is 14.1. The van der Waals surface area contributed by atoms with Crippen LogP contribution in [0.2, 0.25) is 0 Å². The molecule has 1 N–H and O–H groups in total. The SMILES string of the molecule is CCOc1cc(/C=C2\SC(=Nc3ccccc3)NC2=O)cc(Br)c1OCc1ccc([N+](=O)[O-])cc1. The van der Waals surface area contributed by atoms with Gasteiger partial charge in [-0.15, -0.1) is 0 Å². The minimum atomic E-state index is -0.443. The quantitative estimate of drug-likeness (QED) is 0.201. The van der Waals surface area contributed by atoms with Crippen LogP contribution in [0.25, 0.3) is 6.08 Å². The molecule has 1 heterocycles. The van der Waals surface area contributed by atoms with Crippen LogP contribution in [0.5, 0.6) is 11.5 Å². The lowest BCUT2D eigenvalue weighted by Gasteiger charge is -2.15. The molecule has 0 aliphatic carbocycles. The number of amides is 1. The number of carbonyl (C=O) groups is 1. The van der Waals surface area contributed by atoms with Crippen LogP contribution < -0.4 is 14.8 Å². The Morgan fingerprint density at radius 3 is 2.54 bits per heavy atom. The molecule has 1 amide bonds. The summed E-state index contributed by atoms with van der Waals surface area (Å²) < 4.78 is 12.4. The molecule has 35 heavy (non-hydrogen) atoms. The molecule has 3 aromatic rings. The normalized spacial score (nSPS) is 15.3. The Hall–Kier alpha value is -3.63. The van der Waals surface area contributed by atoms with E-state index >= 15 is 0 Å². The molecule has 178 valence electrons. The Kier molecular flexibility index (Phi) is 7.84. The third-order valence-corrected chi connectivity index (χ3v) is 6.30. The van der Waals surface area contributed by atoms with Gasteiger partial charge in [0.1, 0.15) is 6.61 Å². The minimum absolute atomic E-state index is 0.0214. The topological polar surface area (TPSA) is 103 Å². The third-order valence-electron chi connectivity index (χ3n) is 4.80. The molecule has 1 aliphatic heterocycles. The van der Waals surface area contributed by atoms with E-state index in [-0.39, 0.29) is 18.2 Å². The first kappa shape index (κ1) is 24.5. The van der Waals surface area contributed by atoms with Crippen LogP contribution in [0, 0.1) is 10.1 Å². The number of nitro benzene ring substituents is 1. The number of ether oxygens (including phenoxy) is 2. The van der Waals surface area contributed by atoms with Crippen molar-refractivity contribution >= 4 is 56.2 Å². The predicted molar refractivity (Wildman–Crippen MR) is 140 cm³/mol. The number of nitro groups is 1. The number of thioether (sulfide) groups is 1. The highest BCUT2D eigenvalue weighted by molar-refractivity contribution is 9.10. The Balaban J connectivity index is 1.53. The van der Waals surface area contributed by atoms with Crippen LogP contribution in [0.4, 0.5) is 11.4 Å². The maximum absolute atomic E-state index is 12.5. The Labute approximate surface area is 214 Å². The van der Waals surface area contributed by atoms with E-state index in [0.29, 0.717) is 32.7 Å². The number of benzene rings is 3. The van der Waals surface area contributed by atoms with Gasteiger partial charge in [0, 0.05) is 12.1 Å². The second-order valence-electron chi connectivity index (χ2n) is 7.29. The van der Waals surface area contributed by atoms with Gasteiger partial charge in [-0.2, -0.15) is 0 Å². The van der Waals surface area contributed by atoms with Gasteiger partial charge in [-0.1, -0.05) is 18.2 Å². The van der Waals surface area contributed by atoms with Gasteiger partial charge in [-0.25, -0.2) is 4.99 Å². The molecule has 0 saturated carbocycles. The van der Waals surface area contributed by atoms with E-state index in [1.54, 1.807) is 24.3 Å². The third kappa shape index (κ3) is 6.28. The number of para-hydroxylation sites is 1. The van der Waals surface area contributed by atoms with Gasteiger partial charge in [-0.05, 0) is 88.2 Å². The van der Waals surface area contributed by atoms with Crippen LogP contribution in [0.15, 0.2) is 81.1 Å². The van der Waals surface area contributed by atoms with Crippen LogP contribution in [-0.2, 0) is 11.4 Å². The second-order valence-corrected chi connectivity index (χ2v) is 9.18. The largest absolute Gasteiger partial charge is 0.490 e. The average Bonchev–Trinajstić information content (AvgIpc) is 3.18. The van der Waals surface area contributed by atoms with E-state index in [1.807, 2.05) is 43.3 Å². The van der Waals surface area contributed by atoms with Crippen molar-refractivity contribution in [1.29, 1.82) is 0 Å². The average molecular weight is 554 g/mol. The molecule has 0 unspecified atom stereocenters. The summed E-state index contributed by atoms with van der Waals surface area (Å²) in [5.41, 5.74) is 2.31. The summed E-state index contributed by atoms with van der Waals surface area (Å²) in [6.07, 6.45) is 1.76. The van der Waals surface area contributed by atoms with Gasteiger partial charge >= 0.3 is 0 Å². The smallest absolute Gasteiger partial charge is 0.269 e. The van der Waals surface area contributed by atoms with Crippen molar-refractivity contribution in [1.82, 2.24) is 5.32 Å². The maximum atomic E-state index is 12.5. The van der Waals surface area contributed by atoms with Gasteiger partial charge < -0.3 is 14.8 Å². The van der Waals surface area contributed by atoms with Crippen LogP contribution in [-0.4, -0.2) is 22.6 Å². The Bertz CT molecular complexity index is 1310. The lowest BCUT2D eigenvalue weighted by atomic mass is 10.1. The molecule has 0 aromatic heterocycles. The first-order valence-corrected chi connectivity index (χ1v) is 12.2. The number of aliphatic imine (C=N–C) groups is 1. The lowest BCUT2D eigenvalue weighted by molar-refractivity contribution is -0.384. The summed E-state index contributed by atoms with van der Waals surface area (Å²) >= 11 is 4.80. The first-order chi connectivity index (χ1) is 16.9. The van der Waals surface area contributed by atoms with E-state index in [9.17, 15) is 14.9 Å². The summed E-state index contributed by atoms with van der Waals surface area (Å²) in [7, 11) is 0. The van der Waals surface area contributed by atoms with E-state index in [0.717, 1.165) is 16.8 Å². The Morgan fingerprint density at radius 1 is 1.11 bits per heavy atom. The van der Waals surface area contributed by atoms with Crippen molar-refractivity contribution < 1.29 is 19.2 Å². The molecule has 0 atom stereocenters. The fourth-order valence-electron chi connectivity index (χ4n) is 3.20. The second kappa shape index (κ2) is 11.2. The highest BCUT2D eigenvalue weighted by Crippen LogP contribution is 2.39. The molecule has 0 radical (unpaired) electrons. The predicted octanol–water partition coefficient (Wildman–Crippen LogP) is 6.23. The van der Waals surface area contributed by atoms with Gasteiger partial charge in [-0.3, -0.25) is 14.9 Å². The Morgan fingerprint density at radius 2 is 1.86 bits per heavy atom. The van der Waals surface area contributed by atoms with E-state index < -0.39 is 4.92 Å². The van der Waals surface area contributed by atoms with Crippen molar-refractivity contribution in [2.45, 2.75) is 13.5 Å². The highest BCUT2D eigenvalue weighted by Gasteiger charge is 2.24. The monoisotopic (exact) mass is 553 g/mol. The summed E-state index contributed by atoms with van der Waals surface area (Å²) in [5.74, 6) is 0.789. The van der Waals surface area contributed by atoms with Crippen LogP contribution >= 0.6 is 27.7 Å². The van der Waals surface area contributed by atoms with Crippen molar-refractivity contribution in [2.75, 3.05) is 6.61 Å². The fourth-order valence-corrected chi connectivity index (χ4v) is 4.61. The van der Waals surface area contributed by atoms with Crippen molar-refractivity contribution in [3.8, 4) is 11.5 Å². The van der Waals surface area contributed by atoms with E-state index in [4.69, 9.17) is 9.47 Å². The molecule has 8 nitrogen and oxygen atoms in total. The molecular weight excluding hydrogens is 534 g/mol. The van der Waals surface area contributed by atoms with Gasteiger partial charge in [0.15, 0.2) is 16.7 Å². The van der Waals surface area contributed by atoms with Crippen molar-refractivity contribution in [2.24, 2.45) is 4.99 Å². The molecule has 1 aliphatic rings. The van der Waals surface area contributed by atoms with E-state index in [1.165, 1.54) is 23.9 Å². The molecule has 0 spiro atoms. The lowest BCUT2D eigenvalue weighted by Crippen LogP contribution is -2.19. The zero-order valence-corrected chi connectivity index (χ0v) is 21.0. The number of hydrogen-bond donors (Lipinski definition) is 1. The highest BCUT2D eigenvalue weighted by atomic mass is 79.9. The van der Waals surface area contributed by atoms with Gasteiger partial charge in [0.05, 0.1) is 26.6 Å². The maximum Gasteiger partial charge on any atom is 0.269 e. The summed E-state index contributed by atoms with van der Waals surface area (Å²) in [4.78, 5) is 27.8. The first-order valence-electron chi connectivity index (χ1n) is 10.6. The molecule has 0 bridgehead atoms. The molecule has 10 heteroatoms. The molecule has 4 rings (SSSR count). The number of carbonyl (C=O) groups excluding carboxylic acids is 1. The van der Waals surface area contributed by atoms with Crippen molar-refractivity contribution in [3.63, 3.8) is 0 Å². The number of nitrogens with zero attached hydrogens (tertiary/aromatic N) is 2. The van der Waals surface area contributed by atoms with Gasteiger partial charge in [0.2, 0.25) is 0 Å².